The van der Waals surface area contributed by atoms with Crippen LogP contribution in [0.15, 0.2) is 24.3 Å². The van der Waals surface area contributed by atoms with E-state index in [0.717, 1.165) is 30.3 Å². The van der Waals surface area contributed by atoms with Gasteiger partial charge in [0.1, 0.15) is 5.75 Å². The van der Waals surface area contributed by atoms with Gasteiger partial charge < -0.3 is 15.6 Å². The zero-order valence-corrected chi connectivity index (χ0v) is 13.3. The first kappa shape index (κ1) is 16.3. The molecule has 2 rings (SSSR count). The van der Waals surface area contributed by atoms with E-state index in [2.05, 4.69) is 0 Å². The Morgan fingerprint density at radius 2 is 1.81 bits per heavy atom. The van der Waals surface area contributed by atoms with Crippen molar-refractivity contribution >= 4 is 0 Å². The highest BCUT2D eigenvalue weighted by molar-refractivity contribution is 5.30. The molecule has 118 valence electrons. The Kier molecular flexibility index (Phi) is 5.65. The van der Waals surface area contributed by atoms with Gasteiger partial charge in [0, 0.05) is 0 Å². The first-order chi connectivity index (χ1) is 9.97. The van der Waals surface area contributed by atoms with Gasteiger partial charge in [-0.1, -0.05) is 44.2 Å². The predicted molar refractivity (Wildman–Crippen MR) is 86.4 cm³/mol. The van der Waals surface area contributed by atoms with Crippen molar-refractivity contribution in [3.05, 3.63) is 29.8 Å². The molecule has 0 aromatic heterocycles. The number of rotatable bonds is 6. The minimum atomic E-state index is -0.913. The molecule has 1 aromatic carbocycles. The highest BCUT2D eigenvalue weighted by atomic mass is 16.5. The Hall–Kier alpha value is -1.06. The van der Waals surface area contributed by atoms with Crippen LogP contribution in [0, 0.1) is 5.92 Å². The summed E-state index contributed by atoms with van der Waals surface area (Å²) in [4.78, 5) is 0. The molecule has 3 nitrogen and oxygen atoms in total. The summed E-state index contributed by atoms with van der Waals surface area (Å²) in [5.74, 6) is 1.74. The third-order valence-electron chi connectivity index (χ3n) is 4.52. The Bertz CT molecular complexity index is 416. The SMILES string of the molecule is CC(C)(O)[C@H](N)c1ccc(OCCC2CCCCC2)cc1. The van der Waals surface area contributed by atoms with Crippen molar-refractivity contribution in [1.29, 1.82) is 0 Å². The molecule has 1 aromatic rings. The van der Waals surface area contributed by atoms with Crippen molar-refractivity contribution in [2.24, 2.45) is 11.7 Å². The van der Waals surface area contributed by atoms with Crippen molar-refractivity contribution < 1.29 is 9.84 Å². The van der Waals surface area contributed by atoms with E-state index in [1.807, 2.05) is 24.3 Å². The minimum absolute atomic E-state index is 0.381. The Labute approximate surface area is 128 Å². The number of nitrogens with two attached hydrogens (primary N) is 1. The van der Waals surface area contributed by atoms with Gasteiger partial charge in [0.25, 0.3) is 0 Å². The van der Waals surface area contributed by atoms with Crippen LogP contribution in [-0.2, 0) is 0 Å². The van der Waals surface area contributed by atoms with Crippen LogP contribution in [0.3, 0.4) is 0 Å². The highest BCUT2D eigenvalue weighted by Gasteiger charge is 2.24. The van der Waals surface area contributed by atoms with Crippen LogP contribution in [0.5, 0.6) is 5.75 Å². The largest absolute Gasteiger partial charge is 0.494 e. The van der Waals surface area contributed by atoms with Crippen LogP contribution in [0.25, 0.3) is 0 Å². The molecule has 0 radical (unpaired) electrons. The van der Waals surface area contributed by atoms with Crippen molar-refractivity contribution in [3.63, 3.8) is 0 Å². The second kappa shape index (κ2) is 7.28. The third-order valence-corrected chi connectivity index (χ3v) is 4.52. The Morgan fingerprint density at radius 3 is 2.38 bits per heavy atom. The smallest absolute Gasteiger partial charge is 0.119 e. The van der Waals surface area contributed by atoms with E-state index in [0.29, 0.717) is 0 Å². The Balaban J connectivity index is 1.79. The van der Waals surface area contributed by atoms with E-state index in [1.165, 1.54) is 32.1 Å². The maximum absolute atomic E-state index is 9.94. The molecular formula is C18H29NO2. The van der Waals surface area contributed by atoms with Gasteiger partial charge in [-0.2, -0.15) is 0 Å². The fourth-order valence-corrected chi connectivity index (χ4v) is 3.00. The number of ether oxygens (including phenoxy) is 1. The van der Waals surface area contributed by atoms with E-state index in [1.54, 1.807) is 13.8 Å². The maximum atomic E-state index is 9.94. The topological polar surface area (TPSA) is 55.5 Å². The fourth-order valence-electron chi connectivity index (χ4n) is 3.00. The van der Waals surface area contributed by atoms with Gasteiger partial charge in [-0.25, -0.2) is 0 Å². The highest BCUT2D eigenvalue weighted by Crippen LogP contribution is 2.27. The molecule has 0 saturated heterocycles. The lowest BCUT2D eigenvalue weighted by molar-refractivity contribution is 0.0517. The van der Waals surface area contributed by atoms with Crippen LogP contribution in [0.2, 0.25) is 0 Å². The monoisotopic (exact) mass is 291 g/mol. The molecule has 1 aliphatic carbocycles. The van der Waals surface area contributed by atoms with Crippen molar-refractivity contribution in [3.8, 4) is 5.75 Å². The summed E-state index contributed by atoms with van der Waals surface area (Å²) in [6, 6.07) is 7.40. The van der Waals surface area contributed by atoms with Gasteiger partial charge in [0.15, 0.2) is 0 Å². The molecule has 3 N–H and O–H groups in total. The van der Waals surface area contributed by atoms with E-state index >= 15 is 0 Å². The molecule has 1 fully saturated rings. The van der Waals surface area contributed by atoms with E-state index in [-0.39, 0.29) is 6.04 Å². The molecule has 0 bridgehead atoms. The van der Waals surface area contributed by atoms with Crippen LogP contribution < -0.4 is 10.5 Å². The van der Waals surface area contributed by atoms with E-state index in [9.17, 15) is 5.11 Å². The van der Waals surface area contributed by atoms with Crippen LogP contribution in [0.4, 0.5) is 0 Å². The summed E-state index contributed by atoms with van der Waals surface area (Å²) in [7, 11) is 0. The standard InChI is InChI=1S/C18H29NO2/c1-18(2,20)17(19)15-8-10-16(11-9-15)21-13-12-14-6-4-3-5-7-14/h8-11,14,17,20H,3-7,12-13,19H2,1-2H3/t17-/m1/s1. The van der Waals surface area contributed by atoms with E-state index < -0.39 is 5.60 Å². The molecule has 1 aliphatic rings. The zero-order valence-electron chi connectivity index (χ0n) is 13.3. The molecule has 21 heavy (non-hydrogen) atoms. The lowest BCUT2D eigenvalue weighted by Crippen LogP contribution is -2.34. The summed E-state index contributed by atoms with van der Waals surface area (Å²) in [6.45, 7) is 4.25. The first-order valence-corrected chi connectivity index (χ1v) is 8.17. The molecule has 0 aliphatic heterocycles. The molecule has 3 heteroatoms. The third kappa shape index (κ3) is 5.01. The van der Waals surface area contributed by atoms with Gasteiger partial charge in [-0.05, 0) is 43.9 Å². The molecule has 0 spiro atoms. The summed E-state index contributed by atoms with van der Waals surface area (Å²) in [5.41, 5.74) is 6.05. The van der Waals surface area contributed by atoms with Crippen molar-refractivity contribution in [2.45, 2.75) is 64.0 Å². The van der Waals surface area contributed by atoms with Crippen molar-refractivity contribution in [2.75, 3.05) is 6.61 Å². The fraction of sp³-hybridized carbons (Fsp3) is 0.667. The van der Waals surface area contributed by atoms with Gasteiger partial charge in [-0.15, -0.1) is 0 Å². The normalized spacial score (nSPS) is 18.5. The van der Waals surface area contributed by atoms with Gasteiger partial charge in [-0.3, -0.25) is 0 Å². The lowest BCUT2D eigenvalue weighted by Gasteiger charge is -2.26. The maximum Gasteiger partial charge on any atom is 0.119 e. The van der Waals surface area contributed by atoms with Crippen LogP contribution in [-0.4, -0.2) is 17.3 Å². The van der Waals surface area contributed by atoms with Crippen molar-refractivity contribution in [1.82, 2.24) is 0 Å². The van der Waals surface area contributed by atoms with Gasteiger partial charge in [0.2, 0.25) is 0 Å². The molecule has 1 saturated carbocycles. The van der Waals surface area contributed by atoms with E-state index in [4.69, 9.17) is 10.5 Å². The number of hydrogen-bond acceptors (Lipinski definition) is 3. The predicted octanol–water partition coefficient (Wildman–Crippen LogP) is 3.81. The molecule has 1 atom stereocenters. The van der Waals surface area contributed by atoms with Crippen LogP contribution >= 0.6 is 0 Å². The number of hydrogen-bond donors (Lipinski definition) is 2. The average Bonchev–Trinajstić information content (AvgIpc) is 2.47. The summed E-state index contributed by atoms with van der Waals surface area (Å²) in [6.07, 6.45) is 8.05. The average molecular weight is 291 g/mol. The summed E-state index contributed by atoms with van der Waals surface area (Å²) >= 11 is 0. The number of benzene rings is 1. The molecule has 0 unspecified atom stereocenters. The Morgan fingerprint density at radius 1 is 1.19 bits per heavy atom. The summed E-state index contributed by atoms with van der Waals surface area (Å²) in [5, 5.41) is 9.94. The quantitative estimate of drug-likeness (QED) is 0.838. The second-order valence-corrected chi connectivity index (χ2v) is 6.84. The molecular weight excluding hydrogens is 262 g/mol. The zero-order chi connectivity index (χ0) is 15.3. The first-order valence-electron chi connectivity index (χ1n) is 8.17. The van der Waals surface area contributed by atoms with Crippen LogP contribution in [0.1, 0.15) is 64.0 Å². The lowest BCUT2D eigenvalue weighted by atomic mass is 9.87. The second-order valence-electron chi connectivity index (χ2n) is 6.84. The summed E-state index contributed by atoms with van der Waals surface area (Å²) < 4.78 is 5.83. The molecule has 0 heterocycles. The molecule has 0 amide bonds. The van der Waals surface area contributed by atoms with Gasteiger partial charge in [0.05, 0.1) is 18.2 Å². The van der Waals surface area contributed by atoms with Gasteiger partial charge >= 0.3 is 0 Å². The minimum Gasteiger partial charge on any atom is -0.494 e. The number of aliphatic hydroxyl groups is 1.